The topological polar surface area (TPSA) is 9.23 Å². The van der Waals surface area contributed by atoms with Gasteiger partial charge in [-0.05, 0) is 78.7 Å². The first-order valence-corrected chi connectivity index (χ1v) is 13.2. The van der Waals surface area contributed by atoms with E-state index in [4.69, 9.17) is 4.74 Å². The summed E-state index contributed by atoms with van der Waals surface area (Å²) < 4.78 is 63.8. The first-order valence-electron chi connectivity index (χ1n) is 13.2. The molecule has 1 atom stereocenters. The smallest absolute Gasteiger partial charge is 0.201 e. The van der Waals surface area contributed by atoms with Crippen LogP contribution in [0.3, 0.4) is 0 Å². The Hall–Kier alpha value is -3.08. The molecule has 1 fully saturated rings. The SMILES string of the molecule is COc1ccc(-c2ccc(-c3ccc(C4=CCC(C5CCC(C)CC5)CC4)c(F)c3F)cc2)c(F)c1F. The highest BCUT2D eigenvalue weighted by molar-refractivity contribution is 5.74. The normalized spacial score (nSPS) is 22.0. The fraction of sp³-hybridized carbons (Fsp3) is 0.375. The summed E-state index contributed by atoms with van der Waals surface area (Å²) in [6.45, 7) is 2.33. The Morgan fingerprint density at radius 3 is 1.73 bits per heavy atom. The summed E-state index contributed by atoms with van der Waals surface area (Å²) in [5.74, 6) is -1.77. The number of rotatable bonds is 5. The van der Waals surface area contributed by atoms with Gasteiger partial charge in [-0.3, -0.25) is 0 Å². The van der Waals surface area contributed by atoms with Crippen molar-refractivity contribution in [2.45, 2.75) is 51.9 Å². The highest BCUT2D eigenvalue weighted by Crippen LogP contribution is 2.42. The maximum Gasteiger partial charge on any atom is 0.201 e. The fourth-order valence-corrected chi connectivity index (χ4v) is 6.05. The van der Waals surface area contributed by atoms with Gasteiger partial charge in [-0.2, -0.15) is 4.39 Å². The third-order valence-corrected chi connectivity index (χ3v) is 8.38. The molecule has 37 heavy (non-hydrogen) atoms. The van der Waals surface area contributed by atoms with Crippen molar-refractivity contribution in [3.8, 4) is 28.0 Å². The predicted molar refractivity (Wildman–Crippen MR) is 140 cm³/mol. The first kappa shape index (κ1) is 25.6. The zero-order chi connectivity index (χ0) is 26.1. The molecule has 194 valence electrons. The van der Waals surface area contributed by atoms with Crippen molar-refractivity contribution >= 4 is 5.57 Å². The summed E-state index contributed by atoms with van der Waals surface area (Å²) in [6.07, 6.45) is 10.00. The van der Waals surface area contributed by atoms with Gasteiger partial charge < -0.3 is 4.74 Å². The van der Waals surface area contributed by atoms with Gasteiger partial charge in [0, 0.05) is 16.7 Å². The second-order valence-corrected chi connectivity index (χ2v) is 10.6. The molecule has 5 heteroatoms. The van der Waals surface area contributed by atoms with Crippen LogP contribution in [0.2, 0.25) is 0 Å². The van der Waals surface area contributed by atoms with Crippen molar-refractivity contribution in [3.63, 3.8) is 0 Å². The summed E-state index contributed by atoms with van der Waals surface area (Å²) in [7, 11) is 1.27. The van der Waals surface area contributed by atoms with Crippen molar-refractivity contribution in [2.75, 3.05) is 7.11 Å². The van der Waals surface area contributed by atoms with Crippen LogP contribution in [0.25, 0.3) is 27.8 Å². The molecule has 0 radical (unpaired) electrons. The van der Waals surface area contributed by atoms with Crippen LogP contribution in [0.1, 0.15) is 57.4 Å². The van der Waals surface area contributed by atoms with Gasteiger partial charge in [0.05, 0.1) is 7.11 Å². The van der Waals surface area contributed by atoms with E-state index < -0.39 is 23.3 Å². The summed E-state index contributed by atoms with van der Waals surface area (Å²) in [5, 5.41) is 0. The molecule has 3 aromatic rings. The van der Waals surface area contributed by atoms with Crippen molar-refractivity contribution < 1.29 is 22.3 Å². The first-order chi connectivity index (χ1) is 17.9. The number of halogens is 4. The lowest BCUT2D eigenvalue weighted by molar-refractivity contribution is 0.202. The summed E-state index contributed by atoms with van der Waals surface area (Å²) in [6, 6.07) is 12.4. The summed E-state index contributed by atoms with van der Waals surface area (Å²) in [4.78, 5) is 0. The monoisotopic (exact) mass is 508 g/mol. The van der Waals surface area contributed by atoms with Crippen LogP contribution >= 0.6 is 0 Å². The van der Waals surface area contributed by atoms with E-state index in [1.165, 1.54) is 44.9 Å². The Morgan fingerprint density at radius 1 is 0.622 bits per heavy atom. The van der Waals surface area contributed by atoms with Crippen molar-refractivity contribution in [3.05, 3.63) is 83.4 Å². The third kappa shape index (κ3) is 5.05. The summed E-state index contributed by atoms with van der Waals surface area (Å²) >= 11 is 0. The van der Waals surface area contributed by atoms with E-state index in [1.54, 1.807) is 36.4 Å². The quantitative estimate of drug-likeness (QED) is 0.312. The van der Waals surface area contributed by atoms with Gasteiger partial charge in [-0.1, -0.05) is 62.2 Å². The molecule has 0 aromatic heterocycles. The molecule has 0 N–H and O–H groups in total. The van der Waals surface area contributed by atoms with Crippen LogP contribution in [-0.2, 0) is 0 Å². The van der Waals surface area contributed by atoms with Crippen LogP contribution in [0, 0.1) is 41.0 Å². The molecular weight excluding hydrogens is 476 g/mol. The van der Waals surface area contributed by atoms with Gasteiger partial charge in [0.2, 0.25) is 5.82 Å². The zero-order valence-electron chi connectivity index (χ0n) is 21.3. The highest BCUT2D eigenvalue weighted by Gasteiger charge is 2.28. The van der Waals surface area contributed by atoms with Gasteiger partial charge in [0.15, 0.2) is 23.2 Å². The van der Waals surface area contributed by atoms with Gasteiger partial charge in [-0.25, -0.2) is 13.2 Å². The van der Waals surface area contributed by atoms with E-state index in [-0.39, 0.29) is 16.9 Å². The van der Waals surface area contributed by atoms with Crippen LogP contribution in [0.4, 0.5) is 17.6 Å². The molecule has 0 aliphatic heterocycles. The Balaban J connectivity index is 1.34. The van der Waals surface area contributed by atoms with Crippen LogP contribution in [-0.4, -0.2) is 7.11 Å². The largest absolute Gasteiger partial charge is 0.494 e. The molecule has 2 aliphatic rings. The van der Waals surface area contributed by atoms with Crippen LogP contribution in [0.5, 0.6) is 5.75 Å². The lowest BCUT2D eigenvalue weighted by Crippen LogP contribution is -2.22. The Bertz CT molecular complexity index is 1300. The summed E-state index contributed by atoms with van der Waals surface area (Å²) in [5.41, 5.74) is 2.32. The Kier molecular flexibility index (Phi) is 7.41. The molecular formula is C32H32F4O. The second-order valence-electron chi connectivity index (χ2n) is 10.6. The maximum atomic E-state index is 15.2. The van der Waals surface area contributed by atoms with Crippen LogP contribution in [0.15, 0.2) is 54.6 Å². The van der Waals surface area contributed by atoms with E-state index in [2.05, 4.69) is 13.0 Å². The average Bonchev–Trinajstić information content (AvgIpc) is 2.92. The van der Waals surface area contributed by atoms with E-state index in [1.807, 2.05) is 0 Å². The number of hydrogen-bond donors (Lipinski definition) is 0. The lowest BCUT2D eigenvalue weighted by Gasteiger charge is -2.34. The zero-order valence-corrected chi connectivity index (χ0v) is 21.3. The molecule has 1 saturated carbocycles. The van der Waals surface area contributed by atoms with Crippen molar-refractivity contribution in [2.24, 2.45) is 17.8 Å². The molecule has 3 aromatic carbocycles. The Labute approximate surface area is 216 Å². The minimum Gasteiger partial charge on any atom is -0.494 e. The molecule has 0 saturated heterocycles. The molecule has 0 spiro atoms. The van der Waals surface area contributed by atoms with Crippen molar-refractivity contribution in [1.82, 2.24) is 0 Å². The average molecular weight is 509 g/mol. The minimum atomic E-state index is -1.07. The molecule has 5 rings (SSSR count). The second kappa shape index (κ2) is 10.7. The van der Waals surface area contributed by atoms with E-state index in [0.29, 0.717) is 22.6 Å². The third-order valence-electron chi connectivity index (χ3n) is 8.38. The molecule has 1 nitrogen and oxygen atoms in total. The van der Waals surface area contributed by atoms with Gasteiger partial charge >= 0.3 is 0 Å². The number of benzene rings is 3. The lowest BCUT2D eigenvalue weighted by atomic mass is 9.71. The van der Waals surface area contributed by atoms with E-state index >= 15 is 8.78 Å². The van der Waals surface area contributed by atoms with Gasteiger partial charge in [0.25, 0.3) is 0 Å². The van der Waals surface area contributed by atoms with Gasteiger partial charge in [0.1, 0.15) is 0 Å². The molecule has 0 bridgehead atoms. The van der Waals surface area contributed by atoms with Crippen LogP contribution < -0.4 is 4.74 Å². The number of methoxy groups -OCH3 is 1. The van der Waals surface area contributed by atoms with Crippen molar-refractivity contribution in [1.29, 1.82) is 0 Å². The number of hydrogen-bond acceptors (Lipinski definition) is 1. The molecule has 2 aliphatic carbocycles. The highest BCUT2D eigenvalue weighted by atomic mass is 19.2. The minimum absolute atomic E-state index is 0.0668. The van der Waals surface area contributed by atoms with E-state index in [9.17, 15) is 8.78 Å². The maximum absolute atomic E-state index is 15.2. The van der Waals surface area contributed by atoms with E-state index in [0.717, 1.165) is 36.7 Å². The molecule has 0 heterocycles. The molecule has 1 unspecified atom stereocenters. The molecule has 0 amide bonds. The number of allylic oxidation sites excluding steroid dienone is 2. The number of ether oxygens (including phenoxy) is 1. The Morgan fingerprint density at radius 2 is 1.16 bits per heavy atom. The van der Waals surface area contributed by atoms with Gasteiger partial charge in [-0.15, -0.1) is 0 Å². The predicted octanol–water partition coefficient (Wildman–Crippen LogP) is 9.60. The fourth-order valence-electron chi connectivity index (χ4n) is 6.05. The standard InChI is InChI=1S/C32H32F4O/c1-19-3-5-20(6-4-19)21-7-9-22(10-8-21)25-15-16-26(30(34)29(25)33)23-11-13-24(14-12-23)27-17-18-28(37-2)32(36)31(27)35/h9,11-21H,3-8,10H2,1-2H3.